The quantitative estimate of drug-likeness (QED) is 0.729. The first-order valence-electron chi connectivity index (χ1n) is 8.21. The molecule has 1 aliphatic rings. The number of amides is 2. The number of hydrogen-bond acceptors (Lipinski definition) is 7. The largest absolute Gasteiger partial charge is 0.497 e. The lowest BCUT2D eigenvalue weighted by molar-refractivity contribution is -0.132. The Bertz CT molecular complexity index is 779. The molecule has 0 radical (unpaired) electrons. The van der Waals surface area contributed by atoms with Crippen LogP contribution in [0.1, 0.15) is 12.8 Å². The SMILES string of the molecule is COc1ccc(-n2nnnc2SCC(=O)N2CCC[C@@H](C(N)=O)C2)cc1. The fraction of sp³-hybridized carbons (Fsp3) is 0.438. The van der Waals surface area contributed by atoms with Gasteiger partial charge in [-0.3, -0.25) is 9.59 Å². The van der Waals surface area contributed by atoms with E-state index in [0.717, 1.165) is 24.3 Å². The predicted octanol–water partition coefficient (Wildman–Crippen LogP) is 0.487. The first-order valence-corrected chi connectivity index (χ1v) is 9.19. The fourth-order valence-electron chi connectivity index (χ4n) is 2.81. The van der Waals surface area contributed by atoms with E-state index in [9.17, 15) is 9.59 Å². The normalized spacial score (nSPS) is 17.1. The molecule has 2 aromatic rings. The number of benzene rings is 1. The molecular weight excluding hydrogens is 356 g/mol. The van der Waals surface area contributed by atoms with Gasteiger partial charge in [0.2, 0.25) is 17.0 Å². The number of methoxy groups -OCH3 is 1. The van der Waals surface area contributed by atoms with Crippen molar-refractivity contribution in [3.8, 4) is 11.4 Å². The van der Waals surface area contributed by atoms with Crippen molar-refractivity contribution in [2.24, 2.45) is 11.7 Å². The minimum atomic E-state index is -0.349. The molecule has 1 fully saturated rings. The number of nitrogens with zero attached hydrogens (tertiary/aromatic N) is 5. The van der Waals surface area contributed by atoms with E-state index in [1.54, 1.807) is 16.7 Å². The number of rotatable bonds is 6. The molecule has 0 spiro atoms. The lowest BCUT2D eigenvalue weighted by atomic mass is 9.97. The van der Waals surface area contributed by atoms with Gasteiger partial charge < -0.3 is 15.4 Å². The van der Waals surface area contributed by atoms with Crippen LogP contribution in [0.25, 0.3) is 5.69 Å². The van der Waals surface area contributed by atoms with Crippen molar-refractivity contribution in [2.45, 2.75) is 18.0 Å². The summed E-state index contributed by atoms with van der Waals surface area (Å²) >= 11 is 1.26. The van der Waals surface area contributed by atoms with Gasteiger partial charge in [0.15, 0.2) is 0 Å². The Morgan fingerprint density at radius 3 is 2.81 bits per heavy atom. The van der Waals surface area contributed by atoms with Crippen molar-refractivity contribution >= 4 is 23.6 Å². The Morgan fingerprint density at radius 1 is 1.35 bits per heavy atom. The second-order valence-electron chi connectivity index (χ2n) is 5.94. The highest BCUT2D eigenvalue weighted by atomic mass is 32.2. The van der Waals surface area contributed by atoms with Crippen LogP contribution in [0.2, 0.25) is 0 Å². The molecule has 1 aromatic heterocycles. The maximum Gasteiger partial charge on any atom is 0.233 e. The van der Waals surface area contributed by atoms with Crippen LogP contribution < -0.4 is 10.5 Å². The second kappa shape index (κ2) is 8.17. The van der Waals surface area contributed by atoms with E-state index in [1.165, 1.54) is 11.8 Å². The average molecular weight is 376 g/mol. The molecule has 26 heavy (non-hydrogen) atoms. The lowest BCUT2D eigenvalue weighted by Gasteiger charge is -2.31. The lowest BCUT2D eigenvalue weighted by Crippen LogP contribution is -2.44. The molecule has 1 saturated heterocycles. The topological polar surface area (TPSA) is 116 Å². The third-order valence-corrected chi connectivity index (χ3v) is 5.16. The number of carbonyl (C=O) groups is 2. The summed E-state index contributed by atoms with van der Waals surface area (Å²) in [6, 6.07) is 7.30. The molecule has 0 bridgehead atoms. The van der Waals surface area contributed by atoms with Gasteiger partial charge in [0.05, 0.1) is 24.5 Å². The zero-order valence-electron chi connectivity index (χ0n) is 14.4. The summed E-state index contributed by atoms with van der Waals surface area (Å²) in [6.07, 6.45) is 1.52. The Kier molecular flexibility index (Phi) is 5.71. The van der Waals surface area contributed by atoms with Crippen molar-refractivity contribution in [2.75, 3.05) is 26.0 Å². The van der Waals surface area contributed by atoms with Gasteiger partial charge in [0.1, 0.15) is 5.75 Å². The number of tetrazole rings is 1. The molecule has 2 amide bonds. The van der Waals surface area contributed by atoms with E-state index in [2.05, 4.69) is 15.5 Å². The molecule has 2 N–H and O–H groups in total. The van der Waals surface area contributed by atoms with Gasteiger partial charge in [0, 0.05) is 13.1 Å². The Morgan fingerprint density at radius 2 is 2.12 bits per heavy atom. The van der Waals surface area contributed by atoms with E-state index in [4.69, 9.17) is 10.5 Å². The summed E-state index contributed by atoms with van der Waals surface area (Å²) in [5, 5.41) is 12.2. The maximum absolute atomic E-state index is 12.5. The minimum Gasteiger partial charge on any atom is -0.497 e. The molecule has 1 aromatic carbocycles. The number of nitrogens with two attached hydrogens (primary N) is 1. The summed E-state index contributed by atoms with van der Waals surface area (Å²) in [5.74, 6) is 0.272. The van der Waals surface area contributed by atoms with Gasteiger partial charge in [-0.15, -0.1) is 5.10 Å². The van der Waals surface area contributed by atoms with Crippen LogP contribution >= 0.6 is 11.8 Å². The van der Waals surface area contributed by atoms with Gasteiger partial charge in [-0.05, 0) is 47.5 Å². The predicted molar refractivity (Wildman–Crippen MR) is 94.9 cm³/mol. The molecule has 1 atom stereocenters. The third-order valence-electron chi connectivity index (χ3n) is 4.26. The van der Waals surface area contributed by atoms with Crippen LogP contribution in [0.4, 0.5) is 0 Å². The highest BCUT2D eigenvalue weighted by Gasteiger charge is 2.27. The highest BCUT2D eigenvalue weighted by Crippen LogP contribution is 2.22. The molecular formula is C16H20N6O3S. The molecule has 0 unspecified atom stereocenters. The monoisotopic (exact) mass is 376 g/mol. The summed E-state index contributed by atoms with van der Waals surface area (Å²) in [5.41, 5.74) is 6.14. The standard InChI is InChI=1S/C16H20N6O3S/c1-25-13-6-4-12(5-7-13)22-16(18-19-20-22)26-10-14(23)21-8-2-3-11(9-21)15(17)24/h4-7,11H,2-3,8-10H2,1H3,(H2,17,24)/t11-/m1/s1. The highest BCUT2D eigenvalue weighted by molar-refractivity contribution is 7.99. The minimum absolute atomic E-state index is 0.0507. The van der Waals surface area contributed by atoms with Crippen molar-refractivity contribution in [3.05, 3.63) is 24.3 Å². The smallest absolute Gasteiger partial charge is 0.233 e. The number of hydrogen-bond donors (Lipinski definition) is 1. The summed E-state index contributed by atoms with van der Waals surface area (Å²) in [4.78, 5) is 25.5. The summed E-state index contributed by atoms with van der Waals surface area (Å²) in [7, 11) is 1.60. The van der Waals surface area contributed by atoms with E-state index >= 15 is 0 Å². The molecule has 0 aliphatic carbocycles. The number of likely N-dealkylation sites (tertiary alicyclic amines) is 1. The fourth-order valence-corrected chi connectivity index (χ4v) is 3.60. The average Bonchev–Trinajstić information content (AvgIpc) is 3.14. The maximum atomic E-state index is 12.5. The number of primary amides is 1. The van der Waals surface area contributed by atoms with Crippen molar-refractivity contribution in [1.29, 1.82) is 0 Å². The van der Waals surface area contributed by atoms with Crippen molar-refractivity contribution in [3.63, 3.8) is 0 Å². The Balaban J connectivity index is 1.62. The molecule has 1 aliphatic heterocycles. The van der Waals surface area contributed by atoms with Gasteiger partial charge in [-0.2, -0.15) is 4.68 Å². The molecule has 9 nitrogen and oxygen atoms in total. The van der Waals surface area contributed by atoms with Crippen LogP contribution in [-0.4, -0.2) is 62.9 Å². The van der Waals surface area contributed by atoms with Gasteiger partial charge in [-0.25, -0.2) is 0 Å². The van der Waals surface area contributed by atoms with Crippen LogP contribution in [0.3, 0.4) is 0 Å². The summed E-state index contributed by atoms with van der Waals surface area (Å²) in [6.45, 7) is 1.03. The van der Waals surface area contributed by atoms with Gasteiger partial charge in [-0.1, -0.05) is 11.8 Å². The van der Waals surface area contributed by atoms with Crippen molar-refractivity contribution < 1.29 is 14.3 Å². The zero-order chi connectivity index (χ0) is 18.5. The second-order valence-corrected chi connectivity index (χ2v) is 6.88. The van der Waals surface area contributed by atoms with Crippen molar-refractivity contribution in [1.82, 2.24) is 25.1 Å². The number of ether oxygens (including phenoxy) is 1. The van der Waals surface area contributed by atoms with Crippen LogP contribution in [0.5, 0.6) is 5.75 Å². The van der Waals surface area contributed by atoms with Crippen LogP contribution in [0, 0.1) is 5.92 Å². The van der Waals surface area contributed by atoms with Gasteiger partial charge in [0.25, 0.3) is 0 Å². The number of thioether (sulfide) groups is 1. The Labute approximate surface area is 154 Å². The number of carbonyl (C=O) groups excluding carboxylic acids is 2. The van der Waals surface area contributed by atoms with E-state index in [-0.39, 0.29) is 23.5 Å². The molecule has 2 heterocycles. The number of aromatic nitrogens is 4. The van der Waals surface area contributed by atoms with E-state index in [0.29, 0.717) is 18.2 Å². The van der Waals surface area contributed by atoms with Crippen LogP contribution in [-0.2, 0) is 9.59 Å². The first-order chi connectivity index (χ1) is 12.6. The van der Waals surface area contributed by atoms with E-state index in [1.807, 2.05) is 24.3 Å². The third kappa shape index (κ3) is 4.13. The van der Waals surface area contributed by atoms with Gasteiger partial charge >= 0.3 is 0 Å². The Hall–Kier alpha value is -2.62. The molecule has 3 rings (SSSR count). The molecule has 138 valence electrons. The van der Waals surface area contributed by atoms with Crippen LogP contribution in [0.15, 0.2) is 29.4 Å². The zero-order valence-corrected chi connectivity index (χ0v) is 15.2. The molecule has 0 saturated carbocycles. The molecule has 10 heteroatoms. The first kappa shape index (κ1) is 18.2. The van der Waals surface area contributed by atoms with E-state index < -0.39 is 0 Å². The number of piperidine rings is 1. The summed E-state index contributed by atoms with van der Waals surface area (Å²) < 4.78 is 6.71.